The molecule has 160 valence electrons. The third kappa shape index (κ3) is 5.95. The van der Waals surface area contributed by atoms with Crippen molar-refractivity contribution in [3.63, 3.8) is 0 Å². The fourth-order valence-corrected chi connectivity index (χ4v) is 4.39. The van der Waals surface area contributed by atoms with Crippen LogP contribution in [0.1, 0.15) is 37.3 Å². The summed E-state index contributed by atoms with van der Waals surface area (Å²) in [5.74, 6) is 0.641. The van der Waals surface area contributed by atoms with Crippen LogP contribution in [0.15, 0.2) is 36.5 Å². The van der Waals surface area contributed by atoms with Crippen molar-refractivity contribution in [3.05, 3.63) is 53.5 Å². The fourth-order valence-electron chi connectivity index (χ4n) is 3.55. The molecule has 4 rings (SSSR count). The van der Waals surface area contributed by atoms with E-state index in [2.05, 4.69) is 15.2 Å². The molecule has 0 saturated carbocycles. The second kappa shape index (κ2) is 10.4. The molecule has 6 nitrogen and oxygen atoms in total. The molecule has 1 atom stereocenters. The number of phenolic OH excluding ortho intramolecular Hbond substituents is 1. The van der Waals surface area contributed by atoms with Crippen LogP contribution >= 0.6 is 11.8 Å². The van der Waals surface area contributed by atoms with E-state index in [0.717, 1.165) is 48.2 Å². The van der Waals surface area contributed by atoms with Crippen molar-refractivity contribution in [3.8, 4) is 5.75 Å². The molecule has 8 heteroatoms. The van der Waals surface area contributed by atoms with E-state index in [1.807, 2.05) is 13.0 Å². The summed E-state index contributed by atoms with van der Waals surface area (Å²) < 4.78 is 12.6. The van der Waals surface area contributed by atoms with Crippen molar-refractivity contribution in [2.45, 2.75) is 44.3 Å². The van der Waals surface area contributed by atoms with Crippen LogP contribution < -0.4 is 10.2 Å². The van der Waals surface area contributed by atoms with Crippen LogP contribution in [0.2, 0.25) is 0 Å². The standard InChI is InChI=1S/C12H13NO3S.C10H13FN2/c1-2-7-5-9(14)4-3-8(7)6-10-11(15)13-12(16)17-10;11-9-4-5-10(12-8-9)13-6-2-1-3-7-13/h3-5,10,14H,2,6H2,1H3,(H,13,15,16);4-5,8H,1-3,6-7H2. The maximum atomic E-state index is 12.6. The predicted octanol–water partition coefficient (Wildman–Crippen LogP) is 4.06. The lowest BCUT2D eigenvalue weighted by atomic mass is 10.0. The van der Waals surface area contributed by atoms with E-state index in [9.17, 15) is 19.1 Å². The summed E-state index contributed by atoms with van der Waals surface area (Å²) in [4.78, 5) is 28.8. The minimum atomic E-state index is -0.350. The Morgan fingerprint density at radius 3 is 2.53 bits per heavy atom. The Kier molecular flexibility index (Phi) is 7.68. The molecular weight excluding hydrogens is 405 g/mol. The lowest BCUT2D eigenvalue weighted by Gasteiger charge is -2.27. The first-order valence-corrected chi connectivity index (χ1v) is 11.0. The average molecular weight is 432 g/mol. The maximum Gasteiger partial charge on any atom is 0.286 e. The number of amides is 2. The van der Waals surface area contributed by atoms with Gasteiger partial charge in [-0.25, -0.2) is 9.37 Å². The van der Waals surface area contributed by atoms with Gasteiger partial charge in [0, 0.05) is 13.1 Å². The van der Waals surface area contributed by atoms with Crippen molar-refractivity contribution >= 4 is 28.7 Å². The molecule has 2 amide bonds. The Morgan fingerprint density at radius 2 is 1.93 bits per heavy atom. The first kappa shape index (κ1) is 22.1. The maximum absolute atomic E-state index is 12.6. The largest absolute Gasteiger partial charge is 0.508 e. The van der Waals surface area contributed by atoms with Gasteiger partial charge in [-0.15, -0.1) is 0 Å². The fraction of sp³-hybridized carbons (Fsp3) is 0.409. The Labute approximate surface area is 179 Å². The van der Waals surface area contributed by atoms with Crippen molar-refractivity contribution in [2.24, 2.45) is 0 Å². The van der Waals surface area contributed by atoms with E-state index < -0.39 is 0 Å². The number of aryl methyl sites for hydroxylation is 1. The number of nitrogens with zero attached hydrogens (tertiary/aromatic N) is 2. The van der Waals surface area contributed by atoms with Crippen molar-refractivity contribution < 1.29 is 19.1 Å². The van der Waals surface area contributed by atoms with Gasteiger partial charge in [0.2, 0.25) is 5.91 Å². The van der Waals surface area contributed by atoms with Gasteiger partial charge in [-0.1, -0.05) is 24.8 Å². The molecule has 3 heterocycles. The zero-order chi connectivity index (χ0) is 21.5. The number of phenols is 1. The number of pyridine rings is 1. The second-order valence-electron chi connectivity index (χ2n) is 7.28. The average Bonchev–Trinajstić information content (AvgIpc) is 3.07. The SMILES string of the molecule is CCc1cc(O)ccc1CC1SC(=O)NC1=O.Fc1ccc(N2CCCCC2)nc1. The van der Waals surface area contributed by atoms with Gasteiger partial charge in [-0.2, -0.15) is 0 Å². The van der Waals surface area contributed by atoms with Gasteiger partial charge in [-0.3, -0.25) is 14.9 Å². The van der Waals surface area contributed by atoms with Crippen LogP contribution in [0.5, 0.6) is 5.75 Å². The minimum Gasteiger partial charge on any atom is -0.508 e. The molecule has 30 heavy (non-hydrogen) atoms. The van der Waals surface area contributed by atoms with E-state index in [1.165, 1.54) is 31.5 Å². The van der Waals surface area contributed by atoms with Crippen LogP contribution in [0.4, 0.5) is 15.0 Å². The van der Waals surface area contributed by atoms with Gasteiger partial charge >= 0.3 is 0 Å². The topological polar surface area (TPSA) is 82.5 Å². The molecule has 2 aromatic rings. The van der Waals surface area contributed by atoms with Crippen molar-refractivity contribution in [2.75, 3.05) is 18.0 Å². The first-order chi connectivity index (χ1) is 14.5. The molecule has 2 N–H and O–H groups in total. The van der Waals surface area contributed by atoms with E-state index >= 15 is 0 Å². The summed E-state index contributed by atoms with van der Waals surface area (Å²) in [6, 6.07) is 8.34. The van der Waals surface area contributed by atoms with E-state index in [-0.39, 0.29) is 28.0 Å². The normalized spacial score (nSPS) is 18.6. The number of imide groups is 1. The van der Waals surface area contributed by atoms with E-state index in [1.54, 1.807) is 18.2 Å². The molecule has 1 unspecified atom stereocenters. The second-order valence-corrected chi connectivity index (χ2v) is 8.45. The van der Waals surface area contributed by atoms with E-state index in [0.29, 0.717) is 6.42 Å². The lowest BCUT2D eigenvalue weighted by molar-refractivity contribution is -0.118. The monoisotopic (exact) mass is 431 g/mol. The number of piperidine rings is 1. The van der Waals surface area contributed by atoms with Crippen LogP contribution in [0, 0.1) is 5.82 Å². The first-order valence-electron chi connectivity index (χ1n) is 10.1. The molecule has 0 spiro atoms. The Balaban J connectivity index is 0.000000177. The Morgan fingerprint density at radius 1 is 1.17 bits per heavy atom. The van der Waals surface area contributed by atoms with Crippen LogP contribution in [-0.4, -0.2) is 39.6 Å². The highest BCUT2D eigenvalue weighted by Crippen LogP contribution is 2.26. The highest BCUT2D eigenvalue weighted by Gasteiger charge is 2.31. The molecular formula is C22H26FN3O3S. The summed E-state index contributed by atoms with van der Waals surface area (Å²) in [5, 5.41) is 11.0. The van der Waals surface area contributed by atoms with Gasteiger partial charge in [-0.05, 0) is 67.5 Å². The van der Waals surface area contributed by atoms with Crippen LogP contribution in [0.3, 0.4) is 0 Å². The van der Waals surface area contributed by atoms with Gasteiger partial charge < -0.3 is 10.0 Å². The van der Waals surface area contributed by atoms with Crippen molar-refractivity contribution in [1.82, 2.24) is 10.3 Å². The smallest absolute Gasteiger partial charge is 0.286 e. The quantitative estimate of drug-likeness (QED) is 0.760. The van der Waals surface area contributed by atoms with Gasteiger partial charge in [0.1, 0.15) is 17.4 Å². The lowest BCUT2D eigenvalue weighted by Crippen LogP contribution is -2.30. The molecule has 2 aliphatic heterocycles. The zero-order valence-electron chi connectivity index (χ0n) is 16.9. The molecule has 1 aromatic carbocycles. The molecule has 1 aromatic heterocycles. The van der Waals surface area contributed by atoms with E-state index in [4.69, 9.17) is 0 Å². The van der Waals surface area contributed by atoms with Gasteiger partial charge in [0.05, 0.1) is 11.4 Å². The van der Waals surface area contributed by atoms with Gasteiger partial charge in [0.25, 0.3) is 5.24 Å². The molecule has 2 fully saturated rings. The molecule has 0 radical (unpaired) electrons. The number of rotatable bonds is 4. The summed E-state index contributed by atoms with van der Waals surface area (Å²) in [5.41, 5.74) is 2.02. The summed E-state index contributed by atoms with van der Waals surface area (Å²) >= 11 is 1.03. The zero-order valence-corrected chi connectivity index (χ0v) is 17.8. The third-order valence-corrected chi connectivity index (χ3v) is 6.12. The highest BCUT2D eigenvalue weighted by atomic mass is 32.2. The number of hydrogen-bond acceptors (Lipinski definition) is 6. The summed E-state index contributed by atoms with van der Waals surface area (Å²) in [6.45, 7) is 4.10. The number of halogens is 1. The molecule has 2 saturated heterocycles. The van der Waals surface area contributed by atoms with Crippen molar-refractivity contribution in [1.29, 1.82) is 0 Å². The minimum absolute atomic E-state index is 0.227. The number of benzene rings is 1. The summed E-state index contributed by atoms with van der Waals surface area (Å²) in [6.07, 6.45) is 6.34. The number of hydrogen-bond donors (Lipinski definition) is 2. The Hall–Kier alpha value is -2.61. The molecule has 0 aliphatic carbocycles. The number of nitrogens with one attached hydrogen (secondary N) is 1. The third-order valence-electron chi connectivity index (χ3n) is 5.13. The predicted molar refractivity (Wildman–Crippen MR) is 116 cm³/mol. The van der Waals surface area contributed by atoms with Crippen LogP contribution in [-0.2, 0) is 17.6 Å². The number of carbonyl (C=O) groups excluding carboxylic acids is 2. The van der Waals surface area contributed by atoms with Gasteiger partial charge in [0.15, 0.2) is 0 Å². The number of thioether (sulfide) groups is 1. The van der Waals surface area contributed by atoms with Crippen LogP contribution in [0.25, 0.3) is 0 Å². The number of anilines is 1. The number of aromatic hydroxyl groups is 1. The molecule has 2 aliphatic rings. The number of carbonyl (C=O) groups is 2. The highest BCUT2D eigenvalue weighted by molar-refractivity contribution is 8.15. The number of aromatic nitrogens is 1. The molecule has 0 bridgehead atoms. The summed E-state index contributed by atoms with van der Waals surface area (Å²) in [7, 11) is 0. The Bertz CT molecular complexity index is 886.